The first-order chi connectivity index (χ1) is 9.76. The Labute approximate surface area is 119 Å². The fourth-order valence-electron chi connectivity index (χ4n) is 3.17. The van der Waals surface area contributed by atoms with E-state index in [1.54, 1.807) is 0 Å². The molecule has 0 radical (unpaired) electrons. The number of fused-ring (bicyclic) bond motifs is 1. The molecule has 0 aromatic heterocycles. The maximum absolute atomic E-state index is 12.2. The van der Waals surface area contributed by atoms with Gasteiger partial charge in [-0.3, -0.25) is 4.79 Å². The van der Waals surface area contributed by atoms with Crippen LogP contribution < -0.4 is 0 Å². The van der Waals surface area contributed by atoms with Gasteiger partial charge in [0.1, 0.15) is 11.5 Å². The second-order valence-electron chi connectivity index (χ2n) is 5.61. The van der Waals surface area contributed by atoms with Gasteiger partial charge >= 0.3 is 5.97 Å². The number of carbonyl (C=O) groups is 1. The number of hydrogen-bond donors (Lipinski definition) is 0. The third-order valence-corrected chi connectivity index (χ3v) is 4.30. The Morgan fingerprint density at radius 1 is 1.40 bits per heavy atom. The molecule has 1 aliphatic heterocycles. The van der Waals surface area contributed by atoms with E-state index >= 15 is 0 Å². The molecule has 2 aliphatic rings. The van der Waals surface area contributed by atoms with Crippen molar-refractivity contribution in [2.75, 3.05) is 13.7 Å². The first-order valence-corrected chi connectivity index (χ1v) is 7.12. The van der Waals surface area contributed by atoms with E-state index in [1.807, 2.05) is 30.3 Å². The van der Waals surface area contributed by atoms with Crippen LogP contribution in [0.4, 0.5) is 0 Å². The second-order valence-corrected chi connectivity index (χ2v) is 5.61. The Morgan fingerprint density at radius 3 is 2.95 bits per heavy atom. The Bertz CT molecular complexity index is 473. The average Bonchev–Trinajstić information content (AvgIpc) is 3.28. The van der Waals surface area contributed by atoms with Crippen LogP contribution in [0.2, 0.25) is 0 Å². The van der Waals surface area contributed by atoms with Gasteiger partial charge in [0.05, 0.1) is 26.4 Å². The minimum Gasteiger partial charge on any atom is -0.468 e. The molecule has 3 atom stereocenters. The number of esters is 1. The van der Waals surface area contributed by atoms with Gasteiger partial charge in [0.15, 0.2) is 0 Å². The SMILES string of the molecule is COC(=O)[C@@]1(COCc2ccccc2)CCC[C@@H]2O[C@@H]21. The fraction of sp³-hybridized carbons (Fsp3) is 0.562. The lowest BCUT2D eigenvalue weighted by atomic mass is 9.74. The summed E-state index contributed by atoms with van der Waals surface area (Å²) in [5.41, 5.74) is 0.503. The van der Waals surface area contributed by atoms with Crippen molar-refractivity contribution >= 4 is 5.97 Å². The first kappa shape index (κ1) is 13.6. The predicted octanol–water partition coefficient (Wildman–Crippen LogP) is 2.31. The summed E-state index contributed by atoms with van der Waals surface area (Å²) < 4.78 is 16.4. The number of methoxy groups -OCH3 is 1. The van der Waals surface area contributed by atoms with Crippen molar-refractivity contribution in [3.63, 3.8) is 0 Å². The van der Waals surface area contributed by atoms with Crippen molar-refractivity contribution in [1.82, 2.24) is 0 Å². The highest BCUT2D eigenvalue weighted by atomic mass is 16.6. The van der Waals surface area contributed by atoms with Crippen molar-refractivity contribution in [3.05, 3.63) is 35.9 Å². The van der Waals surface area contributed by atoms with Crippen molar-refractivity contribution < 1.29 is 19.0 Å². The van der Waals surface area contributed by atoms with Crippen LogP contribution in [-0.4, -0.2) is 31.9 Å². The Hall–Kier alpha value is -1.39. The monoisotopic (exact) mass is 276 g/mol. The molecule has 4 heteroatoms. The molecular weight excluding hydrogens is 256 g/mol. The number of hydrogen-bond acceptors (Lipinski definition) is 4. The fourth-order valence-corrected chi connectivity index (χ4v) is 3.17. The van der Waals surface area contributed by atoms with Gasteiger partial charge in [-0.25, -0.2) is 0 Å². The van der Waals surface area contributed by atoms with Crippen LogP contribution in [0.3, 0.4) is 0 Å². The van der Waals surface area contributed by atoms with E-state index in [0.717, 1.165) is 24.8 Å². The van der Waals surface area contributed by atoms with E-state index in [9.17, 15) is 4.79 Å². The van der Waals surface area contributed by atoms with E-state index < -0.39 is 5.41 Å². The molecule has 3 rings (SSSR count). The highest BCUT2D eigenvalue weighted by molar-refractivity contribution is 5.78. The van der Waals surface area contributed by atoms with Crippen LogP contribution in [-0.2, 0) is 25.6 Å². The number of rotatable bonds is 5. The van der Waals surface area contributed by atoms with Crippen LogP contribution in [0.5, 0.6) is 0 Å². The molecule has 1 aliphatic carbocycles. The van der Waals surface area contributed by atoms with E-state index in [-0.39, 0.29) is 18.2 Å². The Kier molecular flexibility index (Phi) is 3.76. The van der Waals surface area contributed by atoms with Crippen molar-refractivity contribution in [1.29, 1.82) is 0 Å². The Morgan fingerprint density at radius 2 is 2.20 bits per heavy atom. The molecule has 20 heavy (non-hydrogen) atoms. The van der Waals surface area contributed by atoms with Crippen molar-refractivity contribution in [2.24, 2.45) is 5.41 Å². The van der Waals surface area contributed by atoms with Crippen molar-refractivity contribution in [2.45, 2.75) is 38.1 Å². The topological polar surface area (TPSA) is 48.1 Å². The number of benzene rings is 1. The van der Waals surface area contributed by atoms with Crippen LogP contribution in [0.15, 0.2) is 30.3 Å². The van der Waals surface area contributed by atoms with Crippen LogP contribution in [0.1, 0.15) is 24.8 Å². The summed E-state index contributed by atoms with van der Waals surface area (Å²) in [4.78, 5) is 12.2. The maximum atomic E-state index is 12.2. The van der Waals surface area contributed by atoms with E-state index in [2.05, 4.69) is 0 Å². The third-order valence-electron chi connectivity index (χ3n) is 4.30. The second kappa shape index (κ2) is 5.54. The first-order valence-electron chi connectivity index (χ1n) is 7.12. The smallest absolute Gasteiger partial charge is 0.316 e. The molecule has 4 nitrogen and oxygen atoms in total. The summed E-state index contributed by atoms with van der Waals surface area (Å²) in [7, 11) is 1.44. The van der Waals surface area contributed by atoms with Gasteiger partial charge in [-0.15, -0.1) is 0 Å². The number of epoxide rings is 1. The van der Waals surface area contributed by atoms with Crippen LogP contribution in [0, 0.1) is 5.41 Å². The van der Waals surface area contributed by atoms with Crippen LogP contribution in [0.25, 0.3) is 0 Å². The van der Waals surface area contributed by atoms with Gasteiger partial charge in [0, 0.05) is 0 Å². The molecule has 0 N–H and O–H groups in total. The summed E-state index contributed by atoms with van der Waals surface area (Å²) in [6, 6.07) is 9.97. The summed E-state index contributed by atoms with van der Waals surface area (Å²) in [5, 5.41) is 0. The summed E-state index contributed by atoms with van der Waals surface area (Å²) in [6.45, 7) is 0.882. The van der Waals surface area contributed by atoms with Gasteiger partial charge in [-0.05, 0) is 24.8 Å². The molecule has 0 amide bonds. The molecule has 0 unspecified atom stereocenters. The van der Waals surface area contributed by atoms with Gasteiger partial charge in [0.2, 0.25) is 0 Å². The molecule has 2 fully saturated rings. The number of ether oxygens (including phenoxy) is 3. The maximum Gasteiger partial charge on any atom is 0.316 e. The lowest BCUT2D eigenvalue weighted by molar-refractivity contribution is -0.160. The Balaban J connectivity index is 1.64. The number of carbonyl (C=O) groups excluding carboxylic acids is 1. The summed E-state index contributed by atoms with van der Waals surface area (Å²) in [6.07, 6.45) is 3.03. The zero-order valence-electron chi connectivity index (χ0n) is 11.7. The molecule has 1 saturated carbocycles. The normalized spacial score (nSPS) is 31.4. The predicted molar refractivity (Wildman–Crippen MR) is 73.1 cm³/mol. The van der Waals surface area contributed by atoms with Crippen molar-refractivity contribution in [3.8, 4) is 0 Å². The van der Waals surface area contributed by atoms with E-state index in [0.29, 0.717) is 13.2 Å². The largest absolute Gasteiger partial charge is 0.468 e. The molecule has 1 saturated heterocycles. The standard InChI is InChI=1S/C16H20O4/c1-18-15(17)16(9-5-8-13-14(16)20-13)11-19-10-12-6-3-2-4-7-12/h2-4,6-7,13-14H,5,8-11H2,1H3/t13-,14-,16+/m0/s1. The van der Waals surface area contributed by atoms with Crippen LogP contribution >= 0.6 is 0 Å². The molecule has 0 bridgehead atoms. The minimum atomic E-state index is -0.605. The molecule has 108 valence electrons. The summed E-state index contributed by atoms with van der Waals surface area (Å²) in [5.74, 6) is -0.197. The average molecular weight is 276 g/mol. The minimum absolute atomic E-state index is 0.0144. The van der Waals surface area contributed by atoms with Gasteiger partial charge in [-0.2, -0.15) is 0 Å². The summed E-state index contributed by atoms with van der Waals surface area (Å²) >= 11 is 0. The van der Waals surface area contributed by atoms with Gasteiger partial charge < -0.3 is 14.2 Å². The molecule has 1 heterocycles. The molecule has 1 aromatic rings. The quantitative estimate of drug-likeness (QED) is 0.611. The lowest BCUT2D eigenvalue weighted by Gasteiger charge is -2.31. The van der Waals surface area contributed by atoms with E-state index in [4.69, 9.17) is 14.2 Å². The molecular formula is C16H20O4. The van der Waals surface area contributed by atoms with Gasteiger partial charge in [-0.1, -0.05) is 30.3 Å². The zero-order valence-corrected chi connectivity index (χ0v) is 11.7. The zero-order chi connectivity index (χ0) is 14.0. The van der Waals surface area contributed by atoms with E-state index in [1.165, 1.54) is 7.11 Å². The third kappa shape index (κ3) is 2.45. The highest BCUT2D eigenvalue weighted by Gasteiger charge is 2.61. The lowest BCUT2D eigenvalue weighted by Crippen LogP contribution is -2.44. The highest BCUT2D eigenvalue weighted by Crippen LogP contribution is 2.50. The molecule has 0 spiro atoms. The molecule has 1 aromatic carbocycles. The van der Waals surface area contributed by atoms with Gasteiger partial charge in [0.25, 0.3) is 0 Å².